The summed E-state index contributed by atoms with van der Waals surface area (Å²) in [7, 11) is 1.58. The molecule has 4 nitrogen and oxygen atoms in total. The van der Waals surface area contributed by atoms with Gasteiger partial charge in [0.25, 0.3) is 0 Å². The number of nitrogens with one attached hydrogen (secondary N) is 2. The van der Waals surface area contributed by atoms with Crippen LogP contribution in [0.1, 0.15) is 18.9 Å². The van der Waals surface area contributed by atoms with Crippen LogP contribution in [0.25, 0.3) is 22.2 Å². The van der Waals surface area contributed by atoms with Gasteiger partial charge in [-0.25, -0.2) is 8.78 Å². The molecule has 2 aromatic carbocycles. The SMILES string of the molecule is COC[C@@H](C)NC(=O)CCc1c(-c2ccc(F)cc2)[nH]c2ccc(F)cc12. The molecule has 3 rings (SSSR count). The van der Waals surface area contributed by atoms with Crippen molar-refractivity contribution in [2.75, 3.05) is 13.7 Å². The molecule has 0 unspecified atom stereocenters. The van der Waals surface area contributed by atoms with Crippen molar-refractivity contribution >= 4 is 16.8 Å². The van der Waals surface area contributed by atoms with Gasteiger partial charge in [0, 0.05) is 36.2 Å². The summed E-state index contributed by atoms with van der Waals surface area (Å²) < 4.78 is 32.1. The van der Waals surface area contributed by atoms with E-state index in [9.17, 15) is 13.6 Å². The van der Waals surface area contributed by atoms with E-state index in [1.165, 1.54) is 24.3 Å². The Morgan fingerprint density at radius 2 is 1.85 bits per heavy atom. The Kier molecular flexibility index (Phi) is 5.86. The number of ether oxygens (including phenoxy) is 1. The smallest absolute Gasteiger partial charge is 0.220 e. The van der Waals surface area contributed by atoms with Crippen LogP contribution in [-0.2, 0) is 16.0 Å². The zero-order valence-corrected chi connectivity index (χ0v) is 15.3. The highest BCUT2D eigenvalue weighted by Gasteiger charge is 2.16. The van der Waals surface area contributed by atoms with Gasteiger partial charge >= 0.3 is 0 Å². The molecule has 0 saturated heterocycles. The molecule has 0 spiro atoms. The van der Waals surface area contributed by atoms with Gasteiger partial charge in [-0.05, 0) is 66.9 Å². The maximum absolute atomic E-state index is 13.8. The second-order valence-electron chi connectivity index (χ2n) is 6.60. The number of amides is 1. The molecule has 6 heteroatoms. The Labute approximate surface area is 156 Å². The first-order valence-electron chi connectivity index (χ1n) is 8.82. The number of methoxy groups -OCH3 is 1. The van der Waals surface area contributed by atoms with Crippen LogP contribution in [-0.4, -0.2) is 30.6 Å². The number of H-pyrrole nitrogens is 1. The molecule has 2 N–H and O–H groups in total. The number of rotatable bonds is 7. The normalized spacial score (nSPS) is 12.3. The number of carbonyl (C=O) groups excluding carboxylic acids is 1. The van der Waals surface area contributed by atoms with Crippen LogP contribution >= 0.6 is 0 Å². The molecule has 0 saturated carbocycles. The summed E-state index contributed by atoms with van der Waals surface area (Å²) in [6.07, 6.45) is 0.688. The number of benzene rings is 2. The number of carbonyl (C=O) groups is 1. The summed E-state index contributed by atoms with van der Waals surface area (Å²) in [5, 5.41) is 3.60. The van der Waals surface area contributed by atoms with Crippen molar-refractivity contribution in [2.24, 2.45) is 0 Å². The van der Waals surface area contributed by atoms with Gasteiger partial charge in [-0.15, -0.1) is 0 Å². The van der Waals surface area contributed by atoms with Crippen molar-refractivity contribution in [3.8, 4) is 11.3 Å². The lowest BCUT2D eigenvalue weighted by molar-refractivity contribution is -0.122. The fourth-order valence-electron chi connectivity index (χ4n) is 3.22. The zero-order valence-electron chi connectivity index (χ0n) is 15.3. The lowest BCUT2D eigenvalue weighted by atomic mass is 10.0. The van der Waals surface area contributed by atoms with Crippen LogP contribution in [0, 0.1) is 11.6 Å². The summed E-state index contributed by atoms with van der Waals surface area (Å²) >= 11 is 0. The summed E-state index contributed by atoms with van der Waals surface area (Å²) in [6, 6.07) is 10.5. The first kappa shape index (κ1) is 19.0. The van der Waals surface area contributed by atoms with Crippen LogP contribution in [0.15, 0.2) is 42.5 Å². The number of halogens is 2. The molecule has 27 heavy (non-hydrogen) atoms. The van der Waals surface area contributed by atoms with E-state index in [0.29, 0.717) is 13.0 Å². The van der Waals surface area contributed by atoms with E-state index in [1.54, 1.807) is 25.3 Å². The first-order valence-corrected chi connectivity index (χ1v) is 8.82. The van der Waals surface area contributed by atoms with Crippen molar-refractivity contribution in [2.45, 2.75) is 25.8 Å². The quantitative estimate of drug-likeness (QED) is 0.653. The van der Waals surface area contributed by atoms with Crippen LogP contribution in [0.2, 0.25) is 0 Å². The third-order valence-electron chi connectivity index (χ3n) is 4.43. The Balaban J connectivity index is 1.90. The summed E-state index contributed by atoms with van der Waals surface area (Å²) in [6.45, 7) is 2.30. The minimum absolute atomic E-state index is 0.0838. The molecule has 0 fully saturated rings. The van der Waals surface area contributed by atoms with Crippen molar-refractivity contribution in [1.29, 1.82) is 0 Å². The topological polar surface area (TPSA) is 54.1 Å². The molecule has 3 aromatic rings. The molecule has 142 valence electrons. The van der Waals surface area contributed by atoms with Crippen LogP contribution < -0.4 is 5.32 Å². The highest BCUT2D eigenvalue weighted by Crippen LogP contribution is 2.32. The second-order valence-corrected chi connectivity index (χ2v) is 6.60. The predicted molar refractivity (Wildman–Crippen MR) is 101 cm³/mol. The highest BCUT2D eigenvalue weighted by atomic mass is 19.1. The maximum atomic E-state index is 13.8. The minimum atomic E-state index is -0.341. The summed E-state index contributed by atoms with van der Waals surface area (Å²) in [4.78, 5) is 15.5. The third-order valence-corrected chi connectivity index (χ3v) is 4.43. The lowest BCUT2D eigenvalue weighted by Gasteiger charge is -2.13. The van der Waals surface area contributed by atoms with E-state index >= 15 is 0 Å². The van der Waals surface area contributed by atoms with Gasteiger partial charge in [0.2, 0.25) is 5.91 Å². The number of aryl methyl sites for hydroxylation is 1. The number of aromatic amines is 1. The molecule has 0 aliphatic carbocycles. The van der Waals surface area contributed by atoms with E-state index < -0.39 is 0 Å². The van der Waals surface area contributed by atoms with E-state index in [4.69, 9.17) is 4.74 Å². The van der Waals surface area contributed by atoms with Gasteiger partial charge in [-0.2, -0.15) is 0 Å². The molecule has 1 aromatic heterocycles. The van der Waals surface area contributed by atoms with Crippen molar-refractivity contribution in [3.05, 3.63) is 59.7 Å². The van der Waals surface area contributed by atoms with Gasteiger partial charge in [-0.1, -0.05) is 0 Å². The predicted octanol–water partition coefficient (Wildman–Crippen LogP) is 4.20. The van der Waals surface area contributed by atoms with Gasteiger partial charge in [-0.3, -0.25) is 4.79 Å². The molecular formula is C21H22F2N2O2. The molecule has 0 bridgehead atoms. The average Bonchev–Trinajstić information content (AvgIpc) is 2.98. The number of hydrogen-bond donors (Lipinski definition) is 2. The van der Waals surface area contributed by atoms with E-state index in [1.807, 2.05) is 6.92 Å². The minimum Gasteiger partial charge on any atom is -0.383 e. The Morgan fingerprint density at radius 3 is 2.56 bits per heavy atom. The molecular weight excluding hydrogens is 350 g/mol. The molecule has 0 radical (unpaired) electrons. The van der Waals surface area contributed by atoms with E-state index in [0.717, 1.165) is 27.7 Å². The molecule has 1 amide bonds. The number of fused-ring (bicyclic) bond motifs is 1. The van der Waals surface area contributed by atoms with E-state index in [2.05, 4.69) is 10.3 Å². The second kappa shape index (κ2) is 8.31. The van der Waals surface area contributed by atoms with Gasteiger partial charge in [0.05, 0.1) is 6.61 Å². The average molecular weight is 372 g/mol. The van der Waals surface area contributed by atoms with Gasteiger partial charge in [0.15, 0.2) is 0 Å². The largest absolute Gasteiger partial charge is 0.383 e. The summed E-state index contributed by atoms with van der Waals surface area (Å²) in [5.74, 6) is -0.768. The fraction of sp³-hybridized carbons (Fsp3) is 0.286. The Bertz CT molecular complexity index is 935. The van der Waals surface area contributed by atoms with E-state index in [-0.39, 0.29) is 30.0 Å². The van der Waals surface area contributed by atoms with Crippen molar-refractivity contribution in [1.82, 2.24) is 10.3 Å². The molecule has 1 heterocycles. The van der Waals surface area contributed by atoms with Gasteiger partial charge in [0.1, 0.15) is 11.6 Å². The molecule has 0 aliphatic rings. The molecule has 0 aliphatic heterocycles. The third kappa shape index (κ3) is 4.52. The molecule has 1 atom stereocenters. The number of hydrogen-bond acceptors (Lipinski definition) is 2. The standard InChI is InChI=1S/C21H22F2N2O2/c1-13(12-27-2)24-20(26)10-8-17-18-11-16(23)7-9-19(18)25-21(17)14-3-5-15(22)6-4-14/h3-7,9,11,13,25H,8,10,12H2,1-2H3,(H,24,26)/t13-/m1/s1. The van der Waals surface area contributed by atoms with Crippen LogP contribution in [0.4, 0.5) is 8.78 Å². The summed E-state index contributed by atoms with van der Waals surface area (Å²) in [5.41, 5.74) is 3.18. The van der Waals surface area contributed by atoms with Crippen LogP contribution in [0.5, 0.6) is 0 Å². The van der Waals surface area contributed by atoms with Crippen molar-refractivity contribution < 1.29 is 18.3 Å². The van der Waals surface area contributed by atoms with Crippen molar-refractivity contribution in [3.63, 3.8) is 0 Å². The Hall–Kier alpha value is -2.73. The maximum Gasteiger partial charge on any atom is 0.220 e. The highest BCUT2D eigenvalue weighted by molar-refractivity contribution is 5.91. The monoisotopic (exact) mass is 372 g/mol. The van der Waals surface area contributed by atoms with Crippen LogP contribution in [0.3, 0.4) is 0 Å². The zero-order chi connectivity index (χ0) is 19.4. The Morgan fingerprint density at radius 1 is 1.15 bits per heavy atom. The lowest BCUT2D eigenvalue weighted by Crippen LogP contribution is -2.35. The number of aromatic nitrogens is 1. The first-order chi connectivity index (χ1) is 13.0. The van der Waals surface area contributed by atoms with Gasteiger partial charge < -0.3 is 15.0 Å². The fourth-order valence-corrected chi connectivity index (χ4v) is 3.22.